The smallest absolute Gasteiger partial charge is 0.143 e. The number of thiazole rings is 1. The highest BCUT2D eigenvalue weighted by Gasteiger charge is 2.11. The third-order valence-electron chi connectivity index (χ3n) is 2.29. The van der Waals surface area contributed by atoms with Gasteiger partial charge in [0.15, 0.2) is 0 Å². The van der Waals surface area contributed by atoms with Crippen molar-refractivity contribution in [2.75, 3.05) is 7.05 Å². The first-order valence-electron chi connectivity index (χ1n) is 5.33. The highest BCUT2D eigenvalue weighted by atomic mass is 35.5. The lowest BCUT2D eigenvalue weighted by Gasteiger charge is -2.13. The van der Waals surface area contributed by atoms with Crippen LogP contribution in [0.5, 0.6) is 5.75 Å². The Morgan fingerprint density at radius 3 is 2.89 bits per heavy atom. The third-order valence-corrected chi connectivity index (χ3v) is 3.55. The lowest BCUT2D eigenvalue weighted by atomic mass is 10.2. The third kappa shape index (κ3) is 3.36. The van der Waals surface area contributed by atoms with Gasteiger partial charge < -0.3 is 10.1 Å². The topological polar surface area (TPSA) is 34.1 Å². The number of halogens is 2. The van der Waals surface area contributed by atoms with E-state index < -0.39 is 0 Å². The van der Waals surface area contributed by atoms with E-state index in [2.05, 4.69) is 10.3 Å². The summed E-state index contributed by atoms with van der Waals surface area (Å²) in [5.41, 5.74) is 2.72. The SMILES string of the molecule is CNCc1cc(Cl)cc(Cl)c1OCc1cncs1. The van der Waals surface area contributed by atoms with E-state index >= 15 is 0 Å². The summed E-state index contributed by atoms with van der Waals surface area (Å²) in [7, 11) is 1.86. The molecule has 0 fully saturated rings. The fourth-order valence-corrected chi connectivity index (χ4v) is 2.65. The second-order valence-electron chi connectivity index (χ2n) is 3.66. The molecule has 0 bridgehead atoms. The zero-order chi connectivity index (χ0) is 13.0. The van der Waals surface area contributed by atoms with Crippen LogP contribution >= 0.6 is 34.5 Å². The van der Waals surface area contributed by atoms with Crippen molar-refractivity contribution in [1.29, 1.82) is 0 Å². The molecule has 1 aromatic heterocycles. The fourth-order valence-electron chi connectivity index (χ4n) is 1.55. The van der Waals surface area contributed by atoms with Crippen LogP contribution in [-0.4, -0.2) is 12.0 Å². The minimum atomic E-state index is 0.461. The molecule has 18 heavy (non-hydrogen) atoms. The van der Waals surface area contributed by atoms with Crippen LogP contribution in [0.15, 0.2) is 23.8 Å². The number of aromatic nitrogens is 1. The van der Waals surface area contributed by atoms with Gasteiger partial charge in [-0.2, -0.15) is 0 Å². The Balaban J connectivity index is 2.19. The van der Waals surface area contributed by atoms with Crippen molar-refractivity contribution in [3.05, 3.63) is 44.3 Å². The molecule has 1 aromatic carbocycles. The molecule has 3 nitrogen and oxygen atoms in total. The molecule has 0 unspecified atom stereocenters. The van der Waals surface area contributed by atoms with Crippen LogP contribution in [-0.2, 0) is 13.2 Å². The number of hydrogen-bond donors (Lipinski definition) is 1. The first-order valence-corrected chi connectivity index (χ1v) is 6.97. The molecule has 0 saturated heterocycles. The van der Waals surface area contributed by atoms with E-state index in [1.165, 1.54) is 0 Å². The Kier molecular flexibility index (Phi) is 4.83. The average molecular weight is 303 g/mol. The van der Waals surface area contributed by atoms with Crippen molar-refractivity contribution in [2.45, 2.75) is 13.2 Å². The lowest BCUT2D eigenvalue weighted by Crippen LogP contribution is -2.08. The van der Waals surface area contributed by atoms with Gasteiger partial charge in [0, 0.05) is 23.3 Å². The summed E-state index contributed by atoms with van der Waals surface area (Å²) >= 11 is 13.7. The molecule has 1 N–H and O–H groups in total. The normalized spacial score (nSPS) is 10.6. The molecule has 1 heterocycles. The number of benzene rings is 1. The zero-order valence-corrected chi connectivity index (χ0v) is 12.1. The molecule has 0 atom stereocenters. The molecule has 0 aliphatic rings. The summed E-state index contributed by atoms with van der Waals surface area (Å²) in [6.45, 7) is 1.11. The molecule has 96 valence electrons. The van der Waals surface area contributed by atoms with E-state index in [1.54, 1.807) is 29.1 Å². The molecule has 0 saturated carbocycles. The molecule has 2 rings (SSSR count). The molecular formula is C12H12Cl2N2OS. The second kappa shape index (κ2) is 6.38. The van der Waals surface area contributed by atoms with Gasteiger partial charge in [-0.3, -0.25) is 4.98 Å². The minimum absolute atomic E-state index is 0.461. The van der Waals surface area contributed by atoms with E-state index in [0.29, 0.717) is 28.9 Å². The number of ether oxygens (including phenoxy) is 1. The van der Waals surface area contributed by atoms with E-state index in [4.69, 9.17) is 27.9 Å². The quantitative estimate of drug-likeness (QED) is 0.913. The molecule has 2 aromatic rings. The largest absolute Gasteiger partial charge is 0.486 e. The lowest BCUT2D eigenvalue weighted by molar-refractivity contribution is 0.306. The van der Waals surface area contributed by atoms with Crippen LogP contribution in [0.3, 0.4) is 0 Å². The molecular weight excluding hydrogens is 291 g/mol. The Morgan fingerprint density at radius 2 is 2.22 bits per heavy atom. The predicted molar refractivity (Wildman–Crippen MR) is 75.7 cm³/mol. The Bertz CT molecular complexity index is 517. The molecule has 0 amide bonds. The average Bonchev–Trinajstić information content (AvgIpc) is 2.81. The van der Waals surface area contributed by atoms with Gasteiger partial charge in [0.25, 0.3) is 0 Å². The van der Waals surface area contributed by atoms with Gasteiger partial charge >= 0.3 is 0 Å². The zero-order valence-electron chi connectivity index (χ0n) is 9.74. The van der Waals surface area contributed by atoms with Gasteiger partial charge in [0.05, 0.1) is 15.4 Å². The Labute approximate surface area is 120 Å². The van der Waals surface area contributed by atoms with Crippen molar-refractivity contribution >= 4 is 34.5 Å². The van der Waals surface area contributed by atoms with E-state index in [9.17, 15) is 0 Å². The van der Waals surface area contributed by atoms with Gasteiger partial charge in [-0.05, 0) is 19.2 Å². The maximum Gasteiger partial charge on any atom is 0.143 e. The van der Waals surface area contributed by atoms with Crippen molar-refractivity contribution < 1.29 is 4.74 Å². The van der Waals surface area contributed by atoms with Gasteiger partial charge in [0.1, 0.15) is 12.4 Å². The van der Waals surface area contributed by atoms with Crippen LogP contribution in [0.25, 0.3) is 0 Å². The van der Waals surface area contributed by atoms with Gasteiger partial charge in [-0.1, -0.05) is 23.2 Å². The monoisotopic (exact) mass is 302 g/mol. The van der Waals surface area contributed by atoms with Crippen molar-refractivity contribution in [2.24, 2.45) is 0 Å². The molecule has 0 aliphatic carbocycles. The van der Waals surface area contributed by atoms with E-state index in [1.807, 2.05) is 13.1 Å². The number of nitrogens with one attached hydrogen (secondary N) is 1. The predicted octanol–water partition coefficient (Wildman–Crippen LogP) is 3.75. The summed E-state index contributed by atoms with van der Waals surface area (Å²) in [4.78, 5) is 5.05. The van der Waals surface area contributed by atoms with Crippen molar-refractivity contribution in [3.8, 4) is 5.75 Å². The van der Waals surface area contributed by atoms with Crippen molar-refractivity contribution in [3.63, 3.8) is 0 Å². The van der Waals surface area contributed by atoms with E-state index in [0.717, 1.165) is 10.4 Å². The fraction of sp³-hybridized carbons (Fsp3) is 0.250. The standard InChI is InChI=1S/C12H12Cl2N2OS/c1-15-4-8-2-9(13)3-11(14)12(8)17-6-10-5-16-7-18-10/h2-3,5,7,15H,4,6H2,1H3. The molecule has 0 radical (unpaired) electrons. The molecule has 0 spiro atoms. The summed E-state index contributed by atoms with van der Waals surface area (Å²) < 4.78 is 5.76. The maximum absolute atomic E-state index is 6.16. The van der Waals surface area contributed by atoms with Crippen LogP contribution in [0.2, 0.25) is 10.0 Å². The van der Waals surface area contributed by atoms with Crippen molar-refractivity contribution in [1.82, 2.24) is 10.3 Å². The van der Waals surface area contributed by atoms with Crippen LogP contribution in [0.1, 0.15) is 10.4 Å². The number of nitrogens with zero attached hydrogens (tertiary/aromatic N) is 1. The maximum atomic E-state index is 6.16. The highest BCUT2D eigenvalue weighted by Crippen LogP contribution is 2.33. The molecule has 6 heteroatoms. The first kappa shape index (κ1) is 13.6. The summed E-state index contributed by atoms with van der Waals surface area (Å²) in [5, 5.41) is 4.20. The molecule has 0 aliphatic heterocycles. The second-order valence-corrected chi connectivity index (χ2v) is 5.48. The summed E-state index contributed by atoms with van der Waals surface area (Å²) in [6.07, 6.45) is 1.78. The summed E-state index contributed by atoms with van der Waals surface area (Å²) in [6, 6.07) is 3.54. The Morgan fingerprint density at radius 1 is 1.39 bits per heavy atom. The Hall–Kier alpha value is -0.810. The first-order chi connectivity index (χ1) is 8.70. The van der Waals surface area contributed by atoms with Gasteiger partial charge in [-0.15, -0.1) is 11.3 Å². The van der Waals surface area contributed by atoms with E-state index in [-0.39, 0.29) is 0 Å². The van der Waals surface area contributed by atoms with Crippen LogP contribution < -0.4 is 10.1 Å². The van der Waals surface area contributed by atoms with Crippen LogP contribution in [0.4, 0.5) is 0 Å². The highest BCUT2D eigenvalue weighted by molar-refractivity contribution is 7.09. The van der Waals surface area contributed by atoms with Crippen LogP contribution in [0, 0.1) is 0 Å². The number of hydrogen-bond acceptors (Lipinski definition) is 4. The van der Waals surface area contributed by atoms with Gasteiger partial charge in [0.2, 0.25) is 0 Å². The van der Waals surface area contributed by atoms with Gasteiger partial charge in [-0.25, -0.2) is 0 Å². The summed E-state index contributed by atoms with van der Waals surface area (Å²) in [5.74, 6) is 0.670. The minimum Gasteiger partial charge on any atom is -0.486 e. The number of rotatable bonds is 5.